The van der Waals surface area contributed by atoms with E-state index in [1.165, 1.54) is 41.9 Å². The number of piperidine rings is 2. The maximum Gasteiger partial charge on any atom is 0.127 e. The Morgan fingerprint density at radius 3 is 2.59 bits per heavy atom. The Labute approximate surface area is 173 Å². The first-order valence-corrected chi connectivity index (χ1v) is 11.0. The van der Waals surface area contributed by atoms with Crippen LogP contribution in [0, 0.1) is 6.92 Å². The average molecular weight is 390 g/mol. The molecule has 2 aliphatic heterocycles. The summed E-state index contributed by atoms with van der Waals surface area (Å²) in [5.74, 6) is 1.22. The van der Waals surface area contributed by atoms with Crippen LogP contribution in [0.25, 0.3) is 11.0 Å². The molecule has 0 amide bonds. The van der Waals surface area contributed by atoms with Crippen LogP contribution < -0.4 is 5.32 Å². The number of nitrogens with one attached hydrogen (secondary N) is 1. The van der Waals surface area contributed by atoms with Gasteiger partial charge >= 0.3 is 0 Å². The average Bonchev–Trinajstić information content (AvgIpc) is 3.14. The predicted octanol–water partition coefficient (Wildman–Crippen LogP) is 4.56. The normalized spacial score (nSPS) is 24.2. The Morgan fingerprint density at radius 2 is 1.76 bits per heavy atom. The van der Waals surface area contributed by atoms with Crippen LogP contribution in [-0.4, -0.2) is 39.6 Å². The number of rotatable bonds is 3. The molecule has 1 N–H and O–H groups in total. The lowest BCUT2D eigenvalue weighted by atomic mass is 9.93. The predicted molar refractivity (Wildman–Crippen MR) is 117 cm³/mol. The van der Waals surface area contributed by atoms with Crippen molar-refractivity contribution in [1.29, 1.82) is 0 Å². The Balaban J connectivity index is 1.51. The van der Waals surface area contributed by atoms with Gasteiger partial charge in [0, 0.05) is 12.2 Å². The Morgan fingerprint density at radius 1 is 0.966 bits per heavy atom. The zero-order valence-electron chi connectivity index (χ0n) is 17.5. The van der Waals surface area contributed by atoms with Gasteiger partial charge < -0.3 is 9.47 Å². The minimum atomic E-state index is 0.280. The highest BCUT2D eigenvalue weighted by molar-refractivity contribution is 5.76. The zero-order chi connectivity index (χ0) is 19.8. The van der Waals surface area contributed by atoms with Crippen LogP contribution in [0.15, 0.2) is 42.6 Å². The molecule has 2 aliphatic rings. The highest BCUT2D eigenvalue weighted by atomic mass is 15.2. The second kappa shape index (κ2) is 7.88. The third kappa shape index (κ3) is 3.58. The van der Waals surface area contributed by atoms with Gasteiger partial charge in [0.05, 0.1) is 28.8 Å². The largest absolute Gasteiger partial charge is 0.323 e. The molecule has 152 valence electrons. The van der Waals surface area contributed by atoms with Gasteiger partial charge in [0.25, 0.3) is 0 Å². The molecule has 2 atom stereocenters. The summed E-state index contributed by atoms with van der Waals surface area (Å²) in [6.45, 7) is 4.48. The van der Waals surface area contributed by atoms with Crippen LogP contribution >= 0.6 is 0 Å². The second-order valence-corrected chi connectivity index (χ2v) is 8.77. The number of likely N-dealkylation sites (tertiary alicyclic amines) is 1. The standard InChI is InChI=1S/C24H31N5/c1-17-7-6-14-25-23(17)20-9-5-10-21(26-20)24-27-19-8-3-4-11-22(19)29(24)18-12-15-28(2)16-13-18/h3-4,6-8,11,14,18,20-21,26H,5,9-10,12-13,15-16H2,1-2H3/t20-,21+/m0/s1. The summed E-state index contributed by atoms with van der Waals surface area (Å²) in [7, 11) is 2.23. The lowest BCUT2D eigenvalue weighted by Crippen LogP contribution is -2.36. The van der Waals surface area contributed by atoms with Gasteiger partial charge in [-0.3, -0.25) is 10.3 Å². The topological polar surface area (TPSA) is 46.0 Å². The molecular weight excluding hydrogens is 358 g/mol. The molecule has 2 fully saturated rings. The number of nitrogens with zero attached hydrogens (tertiary/aromatic N) is 4. The van der Waals surface area contributed by atoms with Crippen molar-refractivity contribution in [3.8, 4) is 0 Å². The van der Waals surface area contributed by atoms with Crippen molar-refractivity contribution in [2.75, 3.05) is 20.1 Å². The molecular formula is C24H31N5. The van der Waals surface area contributed by atoms with E-state index in [0.29, 0.717) is 12.1 Å². The fourth-order valence-corrected chi connectivity index (χ4v) is 5.16. The maximum absolute atomic E-state index is 5.15. The molecule has 0 aliphatic carbocycles. The van der Waals surface area contributed by atoms with E-state index < -0.39 is 0 Å². The van der Waals surface area contributed by atoms with Crippen LogP contribution in [0.2, 0.25) is 0 Å². The minimum absolute atomic E-state index is 0.280. The fourth-order valence-electron chi connectivity index (χ4n) is 5.16. The van der Waals surface area contributed by atoms with E-state index in [1.54, 1.807) is 0 Å². The molecule has 5 heteroatoms. The van der Waals surface area contributed by atoms with Crippen molar-refractivity contribution >= 4 is 11.0 Å². The van der Waals surface area contributed by atoms with E-state index in [1.807, 2.05) is 12.3 Å². The summed E-state index contributed by atoms with van der Waals surface area (Å²) in [5.41, 5.74) is 4.88. The molecule has 0 saturated carbocycles. The SMILES string of the molecule is Cc1cccnc1[C@@H]1CCC[C@H](c2nc3ccccc3n2C2CCN(C)CC2)N1. The highest BCUT2D eigenvalue weighted by Gasteiger charge is 2.31. The summed E-state index contributed by atoms with van der Waals surface area (Å²) < 4.78 is 2.56. The van der Waals surface area contributed by atoms with Crippen LogP contribution in [0.3, 0.4) is 0 Å². The minimum Gasteiger partial charge on any atom is -0.323 e. The van der Waals surface area contributed by atoms with Gasteiger partial charge in [0.1, 0.15) is 5.82 Å². The van der Waals surface area contributed by atoms with Crippen molar-refractivity contribution in [1.82, 2.24) is 24.8 Å². The number of pyridine rings is 1. The van der Waals surface area contributed by atoms with Gasteiger partial charge in [-0.1, -0.05) is 18.2 Å². The quantitative estimate of drug-likeness (QED) is 0.713. The fraction of sp³-hybridized carbons (Fsp3) is 0.500. The van der Waals surface area contributed by atoms with Crippen LogP contribution in [0.5, 0.6) is 0 Å². The van der Waals surface area contributed by atoms with Crippen LogP contribution in [0.4, 0.5) is 0 Å². The van der Waals surface area contributed by atoms with E-state index in [2.05, 4.69) is 59.1 Å². The molecule has 1 aromatic carbocycles. The van der Waals surface area contributed by atoms with E-state index >= 15 is 0 Å². The first kappa shape index (κ1) is 18.8. The molecule has 5 rings (SSSR count). The molecule has 2 aromatic heterocycles. The van der Waals surface area contributed by atoms with Gasteiger partial charge in [-0.15, -0.1) is 0 Å². The van der Waals surface area contributed by atoms with E-state index in [-0.39, 0.29) is 6.04 Å². The zero-order valence-corrected chi connectivity index (χ0v) is 17.5. The lowest BCUT2D eigenvalue weighted by Gasteiger charge is -2.35. The molecule has 4 heterocycles. The number of aromatic nitrogens is 3. The summed E-state index contributed by atoms with van der Waals surface area (Å²) in [4.78, 5) is 12.3. The molecule has 29 heavy (non-hydrogen) atoms. The van der Waals surface area contributed by atoms with Crippen molar-refractivity contribution < 1.29 is 0 Å². The van der Waals surface area contributed by atoms with Gasteiger partial charge in [-0.05, 0) is 82.9 Å². The first-order chi connectivity index (χ1) is 14.2. The summed E-state index contributed by atoms with van der Waals surface area (Å²) in [6.07, 6.45) is 7.79. The lowest BCUT2D eigenvalue weighted by molar-refractivity contribution is 0.215. The Bertz CT molecular complexity index is 986. The molecule has 3 aromatic rings. The van der Waals surface area contributed by atoms with E-state index in [4.69, 9.17) is 9.97 Å². The summed E-state index contributed by atoms with van der Waals surface area (Å²) in [5, 5.41) is 3.92. The third-order valence-corrected chi connectivity index (χ3v) is 6.76. The number of imidazole rings is 1. The first-order valence-electron chi connectivity index (χ1n) is 11.0. The van der Waals surface area contributed by atoms with Crippen molar-refractivity contribution in [3.63, 3.8) is 0 Å². The summed E-state index contributed by atoms with van der Waals surface area (Å²) in [6, 6.07) is 14.0. The molecule has 0 spiro atoms. The molecule has 5 nitrogen and oxygen atoms in total. The monoisotopic (exact) mass is 389 g/mol. The van der Waals surface area contributed by atoms with E-state index in [9.17, 15) is 0 Å². The van der Waals surface area contributed by atoms with E-state index in [0.717, 1.165) is 31.4 Å². The maximum atomic E-state index is 5.15. The van der Waals surface area contributed by atoms with Crippen molar-refractivity contribution in [2.45, 2.75) is 57.2 Å². The molecule has 0 bridgehead atoms. The molecule has 2 saturated heterocycles. The molecule has 0 radical (unpaired) electrons. The summed E-state index contributed by atoms with van der Waals surface area (Å²) >= 11 is 0. The van der Waals surface area contributed by atoms with Crippen LogP contribution in [-0.2, 0) is 0 Å². The number of hydrogen-bond acceptors (Lipinski definition) is 4. The number of fused-ring (bicyclic) bond motifs is 1. The van der Waals surface area contributed by atoms with Crippen LogP contribution in [0.1, 0.15) is 67.3 Å². The number of hydrogen-bond donors (Lipinski definition) is 1. The van der Waals surface area contributed by atoms with Crippen molar-refractivity contribution in [3.05, 3.63) is 59.7 Å². The smallest absolute Gasteiger partial charge is 0.127 e. The van der Waals surface area contributed by atoms with Gasteiger partial charge in [0.2, 0.25) is 0 Å². The molecule has 0 unspecified atom stereocenters. The van der Waals surface area contributed by atoms with Gasteiger partial charge in [0.15, 0.2) is 0 Å². The third-order valence-electron chi connectivity index (χ3n) is 6.76. The Kier molecular flexibility index (Phi) is 5.10. The van der Waals surface area contributed by atoms with Gasteiger partial charge in [-0.25, -0.2) is 4.98 Å². The van der Waals surface area contributed by atoms with Crippen molar-refractivity contribution in [2.24, 2.45) is 0 Å². The number of aryl methyl sites for hydroxylation is 1. The Hall–Kier alpha value is -2.24. The number of para-hydroxylation sites is 2. The number of benzene rings is 1. The second-order valence-electron chi connectivity index (χ2n) is 8.77. The van der Waals surface area contributed by atoms with Gasteiger partial charge in [-0.2, -0.15) is 0 Å². The highest BCUT2D eigenvalue weighted by Crippen LogP contribution is 2.37.